The van der Waals surface area contributed by atoms with Crippen LogP contribution in [0.1, 0.15) is 245 Å². The van der Waals surface area contributed by atoms with Gasteiger partial charge in [-0.1, -0.05) is 232 Å². The molecule has 0 saturated heterocycles. The molecule has 0 spiro atoms. The fraction of sp³-hybridized carbons (Fsp3) is 0.641. The van der Waals surface area contributed by atoms with Crippen molar-refractivity contribution < 1.29 is 28.6 Å². The van der Waals surface area contributed by atoms with Crippen molar-refractivity contribution in [3.63, 3.8) is 0 Å². The normalized spacial score (nSPS) is 13.0. The van der Waals surface area contributed by atoms with Gasteiger partial charge in [0, 0.05) is 19.3 Å². The molecule has 1 atom stereocenters. The van der Waals surface area contributed by atoms with Crippen molar-refractivity contribution in [1.82, 2.24) is 0 Å². The Morgan fingerprint density at radius 2 is 0.614 bits per heavy atom. The Balaban J connectivity index is 4.53. The number of carbonyl (C=O) groups excluding carboxylic acids is 3. The summed E-state index contributed by atoms with van der Waals surface area (Å²) in [4.78, 5) is 38.2. The van der Waals surface area contributed by atoms with Gasteiger partial charge in [0.1, 0.15) is 13.2 Å². The number of carbonyl (C=O) groups is 3. The maximum absolute atomic E-state index is 12.9. The van der Waals surface area contributed by atoms with Crippen LogP contribution in [0.25, 0.3) is 0 Å². The Morgan fingerprint density at radius 1 is 0.314 bits per heavy atom. The third kappa shape index (κ3) is 54.7. The topological polar surface area (TPSA) is 78.9 Å². The van der Waals surface area contributed by atoms with Gasteiger partial charge < -0.3 is 14.2 Å². The zero-order chi connectivity index (χ0) is 50.7. The lowest BCUT2D eigenvalue weighted by atomic mass is 10.1. The van der Waals surface area contributed by atoms with Gasteiger partial charge in [0.2, 0.25) is 0 Å². The zero-order valence-corrected chi connectivity index (χ0v) is 45.2. The van der Waals surface area contributed by atoms with Crippen LogP contribution >= 0.6 is 0 Å². The van der Waals surface area contributed by atoms with Crippen molar-refractivity contribution in [3.8, 4) is 0 Å². The van der Waals surface area contributed by atoms with E-state index in [0.717, 1.165) is 122 Å². The molecule has 70 heavy (non-hydrogen) atoms. The van der Waals surface area contributed by atoms with Crippen LogP contribution in [0, 0.1) is 0 Å². The lowest BCUT2D eigenvalue weighted by molar-refractivity contribution is -0.167. The lowest BCUT2D eigenvalue weighted by Gasteiger charge is -2.18. The highest BCUT2D eigenvalue weighted by atomic mass is 16.6. The van der Waals surface area contributed by atoms with Gasteiger partial charge in [-0.2, -0.15) is 0 Å². The standard InChI is InChI=1S/C64H104O6/c1-4-7-10-13-16-19-22-25-28-30-32-34-36-39-42-45-48-51-54-57-63(66)69-60-61(59-68-62(65)56-53-50-47-44-41-38-35-27-24-21-18-15-12-9-6-3)70-64(67)58-55-52-49-46-43-40-37-33-31-29-26-23-20-17-14-11-8-5-2/h7,10,16-17,19-21,23-26,28-29,31-34,37,39,42,61H,4-6,8-9,11-15,18,22,27,30,35-36,38,40-41,43-60H2,1-3H3/b10-7-,19-16-,20-17-,24-21-,26-23-,28-25-,31-29-,34-32-,37-33-,42-39-. The van der Waals surface area contributed by atoms with Crippen molar-refractivity contribution in [2.24, 2.45) is 0 Å². The minimum Gasteiger partial charge on any atom is -0.462 e. The molecule has 0 aliphatic carbocycles. The van der Waals surface area contributed by atoms with Crippen molar-refractivity contribution in [2.45, 2.75) is 252 Å². The smallest absolute Gasteiger partial charge is 0.306 e. The van der Waals surface area contributed by atoms with Gasteiger partial charge in [0.15, 0.2) is 6.10 Å². The van der Waals surface area contributed by atoms with Crippen LogP contribution in [0.3, 0.4) is 0 Å². The predicted octanol–water partition coefficient (Wildman–Crippen LogP) is 19.3. The summed E-state index contributed by atoms with van der Waals surface area (Å²) in [5.74, 6) is -0.966. The largest absolute Gasteiger partial charge is 0.462 e. The summed E-state index contributed by atoms with van der Waals surface area (Å²) in [6.07, 6.45) is 78.9. The second kappa shape index (κ2) is 57.4. The third-order valence-corrected chi connectivity index (χ3v) is 11.8. The molecular weight excluding hydrogens is 865 g/mol. The summed E-state index contributed by atoms with van der Waals surface area (Å²) < 4.78 is 16.8. The average Bonchev–Trinajstić information content (AvgIpc) is 3.36. The molecule has 6 nitrogen and oxygen atoms in total. The quantitative estimate of drug-likeness (QED) is 0.0199. The van der Waals surface area contributed by atoms with Crippen molar-refractivity contribution in [3.05, 3.63) is 122 Å². The zero-order valence-electron chi connectivity index (χ0n) is 45.2. The van der Waals surface area contributed by atoms with Gasteiger partial charge >= 0.3 is 17.9 Å². The molecule has 0 amide bonds. The second-order valence-corrected chi connectivity index (χ2v) is 18.5. The summed E-state index contributed by atoms with van der Waals surface area (Å²) in [5.41, 5.74) is 0. The van der Waals surface area contributed by atoms with Crippen molar-refractivity contribution >= 4 is 17.9 Å². The minimum absolute atomic E-state index is 0.104. The first kappa shape index (κ1) is 65.8. The highest BCUT2D eigenvalue weighted by Gasteiger charge is 2.19. The molecule has 0 radical (unpaired) electrons. The van der Waals surface area contributed by atoms with E-state index >= 15 is 0 Å². The van der Waals surface area contributed by atoms with Crippen molar-refractivity contribution in [1.29, 1.82) is 0 Å². The SMILES string of the molecule is CC/C=C\C/C=C\C/C=C\C/C=C\C/C=C\CCCCCC(=O)OCC(COC(=O)CCCCCCCCC/C=C\CCCCCC)OC(=O)CCCCCCC\C=C/C=C\C=C/C=C\CCCCC. The fourth-order valence-corrected chi connectivity index (χ4v) is 7.47. The monoisotopic (exact) mass is 969 g/mol. The van der Waals surface area contributed by atoms with Crippen LogP contribution in [0.4, 0.5) is 0 Å². The highest BCUT2D eigenvalue weighted by molar-refractivity contribution is 5.71. The predicted molar refractivity (Wildman–Crippen MR) is 302 cm³/mol. The number of rotatable bonds is 50. The number of esters is 3. The minimum atomic E-state index is -0.810. The Hall–Kier alpha value is -4.19. The lowest BCUT2D eigenvalue weighted by Crippen LogP contribution is -2.30. The Morgan fingerprint density at radius 3 is 1.06 bits per heavy atom. The number of allylic oxidation sites excluding steroid dienone is 20. The molecule has 6 heteroatoms. The maximum Gasteiger partial charge on any atom is 0.306 e. The Bertz CT molecular complexity index is 1490. The first-order chi connectivity index (χ1) is 34.5. The number of unbranched alkanes of at least 4 members (excludes halogenated alkanes) is 22. The van der Waals surface area contributed by atoms with Crippen LogP contribution in [0.2, 0.25) is 0 Å². The molecular formula is C64H104O6. The second-order valence-electron chi connectivity index (χ2n) is 18.5. The van der Waals surface area contributed by atoms with E-state index in [1.807, 2.05) is 0 Å². The summed E-state index contributed by atoms with van der Waals surface area (Å²) in [5, 5.41) is 0. The molecule has 0 aromatic heterocycles. The first-order valence-electron chi connectivity index (χ1n) is 28.6. The molecule has 0 aliphatic heterocycles. The van der Waals surface area contributed by atoms with E-state index in [1.54, 1.807) is 0 Å². The van der Waals surface area contributed by atoms with E-state index in [2.05, 4.69) is 142 Å². The molecule has 0 fully saturated rings. The van der Waals surface area contributed by atoms with E-state index in [0.29, 0.717) is 12.8 Å². The van der Waals surface area contributed by atoms with E-state index in [1.165, 1.54) is 83.5 Å². The third-order valence-electron chi connectivity index (χ3n) is 11.8. The molecule has 0 bridgehead atoms. The van der Waals surface area contributed by atoms with Crippen LogP contribution in [-0.4, -0.2) is 37.2 Å². The molecule has 0 heterocycles. The van der Waals surface area contributed by atoms with Gasteiger partial charge in [-0.15, -0.1) is 0 Å². The summed E-state index contributed by atoms with van der Waals surface area (Å²) in [7, 11) is 0. The van der Waals surface area contributed by atoms with E-state index < -0.39 is 6.10 Å². The summed E-state index contributed by atoms with van der Waals surface area (Å²) in [6, 6.07) is 0. The van der Waals surface area contributed by atoms with E-state index in [4.69, 9.17) is 14.2 Å². The molecule has 0 rings (SSSR count). The molecule has 0 N–H and O–H groups in total. The van der Waals surface area contributed by atoms with Crippen LogP contribution in [0.15, 0.2) is 122 Å². The highest BCUT2D eigenvalue weighted by Crippen LogP contribution is 2.14. The maximum atomic E-state index is 12.9. The van der Waals surface area contributed by atoms with Gasteiger partial charge in [0.05, 0.1) is 0 Å². The molecule has 0 aliphatic rings. The first-order valence-corrected chi connectivity index (χ1v) is 28.6. The number of hydrogen-bond donors (Lipinski definition) is 0. The van der Waals surface area contributed by atoms with Crippen LogP contribution in [0.5, 0.6) is 0 Å². The number of ether oxygens (including phenoxy) is 3. The van der Waals surface area contributed by atoms with Crippen LogP contribution in [-0.2, 0) is 28.6 Å². The summed E-state index contributed by atoms with van der Waals surface area (Å²) in [6.45, 7) is 6.42. The van der Waals surface area contributed by atoms with Gasteiger partial charge in [-0.25, -0.2) is 0 Å². The van der Waals surface area contributed by atoms with Crippen LogP contribution < -0.4 is 0 Å². The molecule has 0 aromatic carbocycles. The van der Waals surface area contributed by atoms with Gasteiger partial charge in [-0.3, -0.25) is 14.4 Å². The van der Waals surface area contributed by atoms with Crippen molar-refractivity contribution in [2.75, 3.05) is 13.2 Å². The fourth-order valence-electron chi connectivity index (χ4n) is 7.47. The summed E-state index contributed by atoms with van der Waals surface area (Å²) >= 11 is 0. The average molecular weight is 970 g/mol. The molecule has 396 valence electrons. The van der Waals surface area contributed by atoms with E-state index in [9.17, 15) is 14.4 Å². The number of hydrogen-bond acceptors (Lipinski definition) is 6. The molecule has 0 saturated carbocycles. The molecule has 0 aromatic rings. The van der Waals surface area contributed by atoms with Gasteiger partial charge in [-0.05, 0) is 116 Å². The molecule has 1 unspecified atom stereocenters. The Labute approximate surface area is 431 Å². The van der Waals surface area contributed by atoms with Gasteiger partial charge in [0.25, 0.3) is 0 Å². The van der Waals surface area contributed by atoms with E-state index in [-0.39, 0.29) is 37.5 Å². The Kier molecular flexibility index (Phi) is 54.0.